The molecule has 2 aromatic carbocycles. The van der Waals surface area contributed by atoms with Gasteiger partial charge in [-0.2, -0.15) is 0 Å². The largest absolute Gasteiger partial charge is 0.479 e. The zero-order valence-electron chi connectivity index (χ0n) is 20.3. The molecule has 35 heavy (non-hydrogen) atoms. The van der Waals surface area contributed by atoms with Crippen molar-refractivity contribution in [2.75, 3.05) is 6.61 Å². The number of fused-ring (bicyclic) bond motifs is 5. The lowest BCUT2D eigenvalue weighted by Crippen LogP contribution is -2.62. The molecule has 2 bridgehead atoms. The number of rotatable bonds is 7. The van der Waals surface area contributed by atoms with Gasteiger partial charge < -0.3 is 20.1 Å². The SMILES string of the molecule is CCCC(C)(NC(=O)OCC1c2ccccc2-c2ccccc21)C(=O)N1C2CCC1(C(=O)O)CC2. The fourth-order valence-electron chi connectivity index (χ4n) is 6.45. The number of hydrogen-bond donors (Lipinski definition) is 2. The average molecular weight is 477 g/mol. The van der Waals surface area contributed by atoms with E-state index < -0.39 is 23.1 Å². The third-order valence-electron chi connectivity index (χ3n) is 8.17. The zero-order valence-corrected chi connectivity index (χ0v) is 20.3. The number of carbonyl (C=O) groups excluding carboxylic acids is 2. The molecule has 184 valence electrons. The van der Waals surface area contributed by atoms with E-state index in [9.17, 15) is 19.5 Å². The average Bonchev–Trinajstić information content (AvgIpc) is 3.51. The van der Waals surface area contributed by atoms with E-state index in [1.807, 2.05) is 31.2 Å². The number of carboxylic acids is 1. The monoisotopic (exact) mass is 476 g/mol. The second-order valence-corrected chi connectivity index (χ2v) is 10.3. The fourth-order valence-corrected chi connectivity index (χ4v) is 6.45. The number of carboxylic acid groups (broad SMARTS) is 1. The van der Waals surface area contributed by atoms with E-state index in [0.29, 0.717) is 38.5 Å². The molecule has 2 saturated heterocycles. The molecule has 2 heterocycles. The van der Waals surface area contributed by atoms with Crippen molar-refractivity contribution in [2.45, 2.75) is 75.4 Å². The van der Waals surface area contributed by atoms with Gasteiger partial charge in [0.15, 0.2) is 0 Å². The van der Waals surface area contributed by atoms with Crippen LogP contribution in [0.1, 0.15) is 69.4 Å². The fraction of sp³-hybridized carbons (Fsp3) is 0.464. The minimum Gasteiger partial charge on any atom is -0.479 e. The Morgan fingerprint density at radius 2 is 1.63 bits per heavy atom. The first kappa shape index (κ1) is 23.4. The molecule has 2 aromatic rings. The number of alkyl carbamates (subject to hydrolysis) is 1. The molecular weight excluding hydrogens is 444 g/mol. The summed E-state index contributed by atoms with van der Waals surface area (Å²) in [5.74, 6) is -1.35. The van der Waals surface area contributed by atoms with Crippen LogP contribution in [0.3, 0.4) is 0 Å². The van der Waals surface area contributed by atoms with Crippen molar-refractivity contribution < 1.29 is 24.2 Å². The van der Waals surface area contributed by atoms with Gasteiger partial charge in [-0.3, -0.25) is 4.79 Å². The second kappa shape index (κ2) is 8.70. The number of hydrogen-bond acceptors (Lipinski definition) is 4. The molecule has 3 aliphatic rings. The van der Waals surface area contributed by atoms with Crippen molar-refractivity contribution in [1.29, 1.82) is 0 Å². The number of nitrogens with zero attached hydrogens (tertiary/aromatic N) is 1. The zero-order chi connectivity index (χ0) is 24.8. The van der Waals surface area contributed by atoms with Crippen LogP contribution < -0.4 is 5.32 Å². The Morgan fingerprint density at radius 3 is 2.17 bits per heavy atom. The molecule has 7 heteroatoms. The normalized spacial score (nSPS) is 23.9. The summed E-state index contributed by atoms with van der Waals surface area (Å²) in [6.07, 6.45) is 2.69. The Labute approximate surface area is 205 Å². The molecule has 0 aromatic heterocycles. The molecule has 2 amide bonds. The van der Waals surface area contributed by atoms with E-state index in [0.717, 1.165) is 22.3 Å². The van der Waals surface area contributed by atoms with Crippen LogP contribution in [-0.2, 0) is 14.3 Å². The van der Waals surface area contributed by atoms with E-state index in [1.54, 1.807) is 11.8 Å². The summed E-state index contributed by atoms with van der Waals surface area (Å²) in [6, 6.07) is 16.2. The Bertz CT molecular complexity index is 1120. The minimum atomic E-state index is -1.23. The Balaban J connectivity index is 1.32. The third-order valence-corrected chi connectivity index (χ3v) is 8.17. The lowest BCUT2D eigenvalue weighted by Gasteiger charge is -2.38. The molecular formula is C28H32N2O5. The first-order valence-electron chi connectivity index (χ1n) is 12.5. The highest BCUT2D eigenvalue weighted by Crippen LogP contribution is 2.48. The first-order chi connectivity index (χ1) is 16.8. The summed E-state index contributed by atoms with van der Waals surface area (Å²) in [7, 11) is 0. The van der Waals surface area contributed by atoms with E-state index in [-0.39, 0.29) is 24.5 Å². The van der Waals surface area contributed by atoms with E-state index >= 15 is 0 Å². The molecule has 1 aliphatic carbocycles. The summed E-state index contributed by atoms with van der Waals surface area (Å²) < 4.78 is 5.70. The van der Waals surface area contributed by atoms with Gasteiger partial charge in [-0.25, -0.2) is 9.59 Å². The van der Waals surface area contributed by atoms with E-state index in [1.165, 1.54) is 0 Å². The minimum absolute atomic E-state index is 0.0778. The third kappa shape index (κ3) is 3.68. The summed E-state index contributed by atoms with van der Waals surface area (Å²) in [6.45, 7) is 3.78. The Hall–Kier alpha value is -3.35. The van der Waals surface area contributed by atoms with Crippen molar-refractivity contribution >= 4 is 18.0 Å². The van der Waals surface area contributed by atoms with Crippen LogP contribution in [0, 0.1) is 0 Å². The standard InChI is InChI=1S/C28H32N2O5/c1-3-14-27(2,24(31)30-18-12-15-28(30,16-13-18)25(32)33)29-26(34)35-17-23-21-10-6-4-8-19(21)20-9-5-7-11-22(20)23/h4-11,18,23H,3,12-17H2,1-2H3,(H,29,34)(H,32,33). The molecule has 7 nitrogen and oxygen atoms in total. The van der Waals surface area contributed by atoms with Gasteiger partial charge in [0.25, 0.3) is 0 Å². The quantitative estimate of drug-likeness (QED) is 0.604. The van der Waals surface area contributed by atoms with Gasteiger partial charge in [-0.05, 0) is 61.3 Å². The molecule has 2 aliphatic heterocycles. The Morgan fingerprint density at radius 1 is 1.06 bits per heavy atom. The number of amides is 2. The van der Waals surface area contributed by atoms with Crippen molar-refractivity contribution in [3.05, 3.63) is 59.7 Å². The maximum atomic E-state index is 13.7. The van der Waals surface area contributed by atoms with Gasteiger partial charge in [-0.1, -0.05) is 61.9 Å². The molecule has 0 radical (unpaired) electrons. The van der Waals surface area contributed by atoms with Gasteiger partial charge in [0, 0.05) is 12.0 Å². The summed E-state index contributed by atoms with van der Waals surface area (Å²) in [5, 5.41) is 12.8. The van der Waals surface area contributed by atoms with Crippen LogP contribution in [0.5, 0.6) is 0 Å². The van der Waals surface area contributed by atoms with Crippen LogP contribution in [0.25, 0.3) is 11.1 Å². The van der Waals surface area contributed by atoms with Crippen molar-refractivity contribution in [3.8, 4) is 11.1 Å². The first-order valence-corrected chi connectivity index (χ1v) is 12.5. The number of aliphatic carboxylic acids is 1. The maximum absolute atomic E-state index is 13.7. The Kier molecular flexibility index (Phi) is 5.82. The van der Waals surface area contributed by atoms with Crippen LogP contribution in [0.2, 0.25) is 0 Å². The molecule has 2 fully saturated rings. The molecule has 2 N–H and O–H groups in total. The highest BCUT2D eigenvalue weighted by Gasteiger charge is 2.61. The predicted molar refractivity (Wildman–Crippen MR) is 131 cm³/mol. The molecule has 0 spiro atoms. The number of benzene rings is 2. The van der Waals surface area contributed by atoms with Crippen molar-refractivity contribution in [1.82, 2.24) is 10.2 Å². The van der Waals surface area contributed by atoms with Gasteiger partial charge in [-0.15, -0.1) is 0 Å². The predicted octanol–water partition coefficient (Wildman–Crippen LogP) is 4.69. The topological polar surface area (TPSA) is 95.9 Å². The molecule has 1 atom stereocenters. The molecule has 5 rings (SSSR count). The van der Waals surface area contributed by atoms with Gasteiger partial charge in [0.05, 0.1) is 0 Å². The van der Waals surface area contributed by atoms with E-state index in [2.05, 4.69) is 29.6 Å². The van der Waals surface area contributed by atoms with Crippen LogP contribution in [-0.4, -0.2) is 51.7 Å². The highest BCUT2D eigenvalue weighted by molar-refractivity contribution is 5.95. The van der Waals surface area contributed by atoms with Gasteiger partial charge in [0.2, 0.25) is 5.91 Å². The molecule has 0 saturated carbocycles. The smallest absolute Gasteiger partial charge is 0.408 e. The summed E-state index contributed by atoms with van der Waals surface area (Å²) in [4.78, 5) is 40.4. The van der Waals surface area contributed by atoms with Gasteiger partial charge in [0.1, 0.15) is 17.7 Å². The lowest BCUT2D eigenvalue weighted by atomic mass is 9.87. The second-order valence-electron chi connectivity index (χ2n) is 10.3. The van der Waals surface area contributed by atoms with E-state index in [4.69, 9.17) is 4.74 Å². The van der Waals surface area contributed by atoms with Crippen molar-refractivity contribution in [3.63, 3.8) is 0 Å². The molecule has 1 unspecified atom stereocenters. The van der Waals surface area contributed by atoms with Crippen LogP contribution in [0.4, 0.5) is 4.79 Å². The number of ether oxygens (including phenoxy) is 1. The van der Waals surface area contributed by atoms with Crippen molar-refractivity contribution in [2.24, 2.45) is 0 Å². The van der Waals surface area contributed by atoms with Gasteiger partial charge >= 0.3 is 12.1 Å². The maximum Gasteiger partial charge on any atom is 0.408 e. The van der Waals surface area contributed by atoms with Crippen LogP contribution >= 0.6 is 0 Å². The summed E-state index contributed by atoms with van der Waals surface area (Å²) in [5.41, 5.74) is 2.14. The lowest BCUT2D eigenvalue weighted by molar-refractivity contribution is -0.158. The highest BCUT2D eigenvalue weighted by atomic mass is 16.5. The summed E-state index contributed by atoms with van der Waals surface area (Å²) >= 11 is 0. The number of carbonyl (C=O) groups is 3. The van der Waals surface area contributed by atoms with Crippen LogP contribution in [0.15, 0.2) is 48.5 Å². The number of nitrogens with one attached hydrogen (secondary N) is 1.